The van der Waals surface area contributed by atoms with Crippen molar-refractivity contribution < 1.29 is 13.9 Å². The van der Waals surface area contributed by atoms with E-state index in [0.29, 0.717) is 17.5 Å². The van der Waals surface area contributed by atoms with E-state index in [-0.39, 0.29) is 5.69 Å². The smallest absolute Gasteiger partial charge is 0.277 e. The molecule has 1 N–H and O–H groups in total. The van der Waals surface area contributed by atoms with Gasteiger partial charge in [0.25, 0.3) is 5.91 Å². The number of methoxy groups -OCH3 is 1. The molecule has 0 atom stereocenters. The number of hydrogen-bond donors (Lipinski definition) is 1. The maximum Gasteiger partial charge on any atom is 0.277 e. The molecule has 1 saturated carbocycles. The van der Waals surface area contributed by atoms with Crippen LogP contribution in [-0.4, -0.2) is 27.8 Å². The largest absolute Gasteiger partial charge is 0.494 e. The Labute approximate surface area is 175 Å². The number of rotatable bonds is 5. The number of halogens is 1. The van der Waals surface area contributed by atoms with E-state index in [4.69, 9.17) is 9.84 Å². The monoisotopic (exact) mass is 410 g/mol. The Morgan fingerprint density at radius 2 is 2.03 bits per heavy atom. The summed E-state index contributed by atoms with van der Waals surface area (Å²) in [6.45, 7) is 4.60. The number of benzene rings is 1. The van der Waals surface area contributed by atoms with Gasteiger partial charge in [0.15, 0.2) is 11.5 Å². The molecule has 2 aromatic heterocycles. The molecule has 0 saturated heterocycles. The van der Waals surface area contributed by atoms with E-state index in [9.17, 15) is 9.18 Å². The molecule has 1 amide bonds. The van der Waals surface area contributed by atoms with Crippen LogP contribution in [0, 0.1) is 17.7 Å². The van der Waals surface area contributed by atoms with Crippen molar-refractivity contribution in [2.45, 2.75) is 45.6 Å². The molecule has 7 heteroatoms. The summed E-state index contributed by atoms with van der Waals surface area (Å²) in [6, 6.07) is 6.66. The van der Waals surface area contributed by atoms with Gasteiger partial charge in [-0.2, -0.15) is 5.10 Å². The SMILES string of the molecule is COc1cc2nn([C@H]3CC[C@H](C(C)C)CC3)cc2cc1NC(=O)c1ncccc1F. The third-order valence-corrected chi connectivity index (χ3v) is 6.12. The molecule has 0 radical (unpaired) electrons. The van der Waals surface area contributed by atoms with Crippen molar-refractivity contribution >= 4 is 22.5 Å². The van der Waals surface area contributed by atoms with Gasteiger partial charge in [-0.1, -0.05) is 13.8 Å². The lowest BCUT2D eigenvalue weighted by Gasteiger charge is -2.30. The molecule has 4 rings (SSSR count). The quantitative estimate of drug-likeness (QED) is 0.626. The molecule has 158 valence electrons. The molecule has 1 fully saturated rings. The first kappa shape index (κ1) is 20.3. The average molecular weight is 410 g/mol. The Kier molecular flexibility index (Phi) is 5.70. The fourth-order valence-electron chi connectivity index (χ4n) is 4.29. The minimum Gasteiger partial charge on any atom is -0.494 e. The Morgan fingerprint density at radius 1 is 1.27 bits per heavy atom. The molecule has 2 heterocycles. The second-order valence-corrected chi connectivity index (χ2v) is 8.32. The van der Waals surface area contributed by atoms with Crippen molar-refractivity contribution in [1.29, 1.82) is 0 Å². The summed E-state index contributed by atoms with van der Waals surface area (Å²) in [6.07, 6.45) is 8.09. The number of carbonyl (C=O) groups is 1. The highest BCUT2D eigenvalue weighted by Crippen LogP contribution is 2.37. The van der Waals surface area contributed by atoms with E-state index in [2.05, 4.69) is 24.1 Å². The Balaban J connectivity index is 1.58. The number of aromatic nitrogens is 3. The van der Waals surface area contributed by atoms with Gasteiger partial charge >= 0.3 is 0 Å². The van der Waals surface area contributed by atoms with E-state index in [0.717, 1.165) is 35.6 Å². The second kappa shape index (κ2) is 8.42. The van der Waals surface area contributed by atoms with Crippen molar-refractivity contribution in [2.75, 3.05) is 12.4 Å². The summed E-state index contributed by atoms with van der Waals surface area (Å²) in [5.74, 6) is 0.702. The molecular formula is C23H27FN4O2. The number of pyridine rings is 1. The van der Waals surface area contributed by atoms with Gasteiger partial charge in [-0.15, -0.1) is 0 Å². The van der Waals surface area contributed by atoms with Gasteiger partial charge in [0, 0.05) is 23.8 Å². The molecule has 6 nitrogen and oxygen atoms in total. The number of hydrogen-bond acceptors (Lipinski definition) is 4. The highest BCUT2D eigenvalue weighted by atomic mass is 19.1. The van der Waals surface area contributed by atoms with Gasteiger partial charge < -0.3 is 10.1 Å². The van der Waals surface area contributed by atoms with Crippen LogP contribution in [0.1, 0.15) is 56.1 Å². The molecule has 0 aliphatic heterocycles. The minimum atomic E-state index is -0.667. The van der Waals surface area contributed by atoms with Crippen LogP contribution < -0.4 is 10.1 Å². The third kappa shape index (κ3) is 4.01. The number of nitrogens with one attached hydrogen (secondary N) is 1. The zero-order chi connectivity index (χ0) is 21.3. The van der Waals surface area contributed by atoms with Gasteiger partial charge in [-0.25, -0.2) is 9.37 Å². The van der Waals surface area contributed by atoms with Crippen LogP contribution >= 0.6 is 0 Å². The van der Waals surface area contributed by atoms with Crippen LogP contribution in [0.25, 0.3) is 10.9 Å². The molecule has 0 bridgehead atoms. The van der Waals surface area contributed by atoms with Crippen LogP contribution in [0.2, 0.25) is 0 Å². The number of carbonyl (C=O) groups excluding carboxylic acids is 1. The molecule has 1 aliphatic rings. The molecule has 30 heavy (non-hydrogen) atoms. The normalized spacial score (nSPS) is 19.2. The van der Waals surface area contributed by atoms with Crippen LogP contribution in [0.15, 0.2) is 36.7 Å². The molecule has 0 spiro atoms. The number of amides is 1. The maximum atomic E-state index is 13.9. The van der Waals surface area contributed by atoms with Gasteiger partial charge in [-0.05, 0) is 55.7 Å². The fourth-order valence-corrected chi connectivity index (χ4v) is 4.29. The lowest BCUT2D eigenvalue weighted by molar-refractivity contribution is 0.101. The highest BCUT2D eigenvalue weighted by molar-refractivity contribution is 6.05. The molecule has 3 aromatic rings. The number of anilines is 1. The van der Waals surface area contributed by atoms with E-state index < -0.39 is 11.7 Å². The summed E-state index contributed by atoms with van der Waals surface area (Å²) in [5, 5.41) is 8.37. The van der Waals surface area contributed by atoms with Gasteiger partial charge in [0.2, 0.25) is 0 Å². The zero-order valence-corrected chi connectivity index (χ0v) is 17.6. The number of ether oxygens (including phenoxy) is 1. The summed E-state index contributed by atoms with van der Waals surface area (Å²) < 4.78 is 21.4. The minimum absolute atomic E-state index is 0.253. The Hall–Kier alpha value is -2.96. The van der Waals surface area contributed by atoms with Crippen molar-refractivity contribution in [2.24, 2.45) is 11.8 Å². The Morgan fingerprint density at radius 3 is 2.70 bits per heavy atom. The number of fused-ring (bicyclic) bond motifs is 1. The van der Waals surface area contributed by atoms with Crippen molar-refractivity contribution in [3.8, 4) is 5.75 Å². The van der Waals surface area contributed by atoms with Crippen LogP contribution in [0.3, 0.4) is 0 Å². The predicted molar refractivity (Wildman–Crippen MR) is 114 cm³/mol. The van der Waals surface area contributed by atoms with E-state index in [1.165, 1.54) is 38.3 Å². The zero-order valence-electron chi connectivity index (χ0n) is 17.6. The molecule has 1 aliphatic carbocycles. The molecule has 1 aromatic carbocycles. The van der Waals surface area contributed by atoms with Crippen LogP contribution in [0.4, 0.5) is 10.1 Å². The summed E-state index contributed by atoms with van der Waals surface area (Å²) in [7, 11) is 1.53. The Bertz CT molecular complexity index is 1050. The van der Waals surface area contributed by atoms with Crippen LogP contribution in [-0.2, 0) is 0 Å². The topological polar surface area (TPSA) is 69.0 Å². The van der Waals surface area contributed by atoms with E-state index in [1.807, 2.05) is 16.9 Å². The first-order valence-corrected chi connectivity index (χ1v) is 10.4. The third-order valence-electron chi connectivity index (χ3n) is 6.12. The maximum absolute atomic E-state index is 13.9. The van der Waals surface area contributed by atoms with Crippen molar-refractivity contribution in [3.63, 3.8) is 0 Å². The van der Waals surface area contributed by atoms with Crippen LogP contribution in [0.5, 0.6) is 5.75 Å². The van der Waals surface area contributed by atoms with E-state index >= 15 is 0 Å². The van der Waals surface area contributed by atoms with Crippen molar-refractivity contribution in [3.05, 3.63) is 48.2 Å². The van der Waals surface area contributed by atoms with Gasteiger partial charge in [0.05, 0.1) is 24.4 Å². The molecular weight excluding hydrogens is 383 g/mol. The lowest BCUT2D eigenvalue weighted by Crippen LogP contribution is -2.21. The van der Waals surface area contributed by atoms with Gasteiger partial charge in [0.1, 0.15) is 5.75 Å². The molecule has 0 unspecified atom stereocenters. The fraction of sp³-hybridized carbons (Fsp3) is 0.435. The predicted octanol–water partition coefficient (Wildman–Crippen LogP) is 5.22. The second-order valence-electron chi connectivity index (χ2n) is 8.32. The summed E-state index contributed by atoms with van der Waals surface area (Å²) in [5.41, 5.74) is 1.01. The van der Waals surface area contributed by atoms with E-state index in [1.54, 1.807) is 6.07 Å². The summed E-state index contributed by atoms with van der Waals surface area (Å²) >= 11 is 0. The van der Waals surface area contributed by atoms with Gasteiger partial charge in [-0.3, -0.25) is 9.48 Å². The first-order chi connectivity index (χ1) is 14.5. The number of nitrogens with zero attached hydrogens (tertiary/aromatic N) is 3. The average Bonchev–Trinajstić information content (AvgIpc) is 3.16. The standard InChI is InChI=1S/C23H27FN4O2/c1-14(2)15-6-8-17(9-7-15)28-13-16-11-20(21(30-3)12-19(16)27-28)26-23(29)22-18(24)5-4-10-25-22/h4-5,10-15,17H,6-9H2,1-3H3,(H,26,29)/t15-,17-. The first-order valence-electron chi connectivity index (χ1n) is 10.4. The highest BCUT2D eigenvalue weighted by Gasteiger charge is 2.25. The van der Waals surface area contributed by atoms with Crippen molar-refractivity contribution in [1.82, 2.24) is 14.8 Å². The lowest BCUT2D eigenvalue weighted by atomic mass is 9.80. The summed E-state index contributed by atoms with van der Waals surface area (Å²) in [4.78, 5) is 16.3.